The normalized spacial score (nSPS) is 9.18. The Kier molecular flexibility index (Phi) is 2.60. The first-order valence-corrected chi connectivity index (χ1v) is 3.15. The molecule has 11 heavy (non-hydrogen) atoms. The fraction of sp³-hybridized carbons (Fsp3) is 0.125. The molecule has 1 rings (SSSR count). The first-order valence-electron chi connectivity index (χ1n) is 3.15. The average Bonchev–Trinajstić information content (AvgIpc) is 2.03. The average molecular weight is 154 g/mol. The zero-order valence-corrected chi connectivity index (χ0v) is 5.79. The van der Waals surface area contributed by atoms with E-state index in [1.807, 2.05) is 0 Å². The molecule has 0 aromatic heterocycles. The van der Waals surface area contributed by atoms with Crippen molar-refractivity contribution in [3.63, 3.8) is 0 Å². The zero-order valence-electron chi connectivity index (χ0n) is 5.79. The van der Waals surface area contributed by atoms with Gasteiger partial charge in [-0.3, -0.25) is 4.79 Å². The minimum Gasteiger partial charge on any atom is -0.483 e. The van der Waals surface area contributed by atoms with Gasteiger partial charge in [0.05, 0.1) is 0 Å². The van der Waals surface area contributed by atoms with Crippen LogP contribution >= 0.6 is 0 Å². The molecule has 0 radical (unpaired) electrons. The molecule has 0 atom stereocenters. The Morgan fingerprint density at radius 2 is 2.18 bits per heavy atom. The van der Waals surface area contributed by atoms with Crippen molar-refractivity contribution in [2.45, 2.75) is 0 Å². The molecule has 0 unspecified atom stereocenters. The van der Waals surface area contributed by atoms with E-state index in [-0.39, 0.29) is 12.4 Å². The fourth-order valence-corrected chi connectivity index (χ4v) is 0.686. The summed E-state index contributed by atoms with van der Waals surface area (Å²) in [4.78, 5) is 9.84. The van der Waals surface area contributed by atoms with Crippen LogP contribution in [0.15, 0.2) is 24.3 Å². The minimum atomic E-state index is -0.450. The lowest BCUT2D eigenvalue weighted by Crippen LogP contribution is -1.98. The van der Waals surface area contributed by atoms with Gasteiger partial charge < -0.3 is 4.74 Å². The van der Waals surface area contributed by atoms with Gasteiger partial charge in [0.15, 0.2) is 17.9 Å². The molecule has 0 saturated heterocycles. The molecular formula is C8H7FO2. The molecule has 0 saturated carbocycles. The number of carbonyl (C=O) groups is 1. The van der Waals surface area contributed by atoms with Crippen LogP contribution in [0.5, 0.6) is 5.75 Å². The highest BCUT2D eigenvalue weighted by Crippen LogP contribution is 2.14. The molecule has 0 N–H and O–H groups in total. The van der Waals surface area contributed by atoms with Crippen LogP contribution in [-0.2, 0) is 4.79 Å². The molecule has 0 aliphatic carbocycles. The SMILES string of the molecule is O=CCOc1ccccc1F. The summed E-state index contributed by atoms with van der Waals surface area (Å²) < 4.78 is 17.4. The van der Waals surface area contributed by atoms with Crippen LogP contribution in [0, 0.1) is 5.82 Å². The van der Waals surface area contributed by atoms with Gasteiger partial charge in [-0.2, -0.15) is 0 Å². The number of rotatable bonds is 3. The fourth-order valence-electron chi connectivity index (χ4n) is 0.686. The second-order valence-corrected chi connectivity index (χ2v) is 1.91. The van der Waals surface area contributed by atoms with Gasteiger partial charge in [0.25, 0.3) is 0 Å². The van der Waals surface area contributed by atoms with Gasteiger partial charge in [-0.25, -0.2) is 4.39 Å². The van der Waals surface area contributed by atoms with Crippen molar-refractivity contribution in [2.75, 3.05) is 6.61 Å². The Balaban J connectivity index is 2.69. The maximum atomic E-state index is 12.7. The van der Waals surface area contributed by atoms with E-state index >= 15 is 0 Å². The van der Waals surface area contributed by atoms with Gasteiger partial charge in [-0.1, -0.05) is 12.1 Å². The largest absolute Gasteiger partial charge is 0.483 e. The topological polar surface area (TPSA) is 26.3 Å². The minimum absolute atomic E-state index is 0.110. The predicted octanol–water partition coefficient (Wildman–Crippen LogP) is 1.40. The Morgan fingerprint density at radius 1 is 1.45 bits per heavy atom. The summed E-state index contributed by atoms with van der Waals surface area (Å²) in [6.07, 6.45) is 0.576. The molecule has 0 fully saturated rings. The van der Waals surface area contributed by atoms with Gasteiger partial charge in [-0.15, -0.1) is 0 Å². The number of para-hydroxylation sites is 1. The van der Waals surface area contributed by atoms with Gasteiger partial charge in [0, 0.05) is 0 Å². The molecule has 1 aromatic rings. The molecule has 0 spiro atoms. The lowest BCUT2D eigenvalue weighted by molar-refractivity contribution is -0.109. The summed E-state index contributed by atoms with van der Waals surface area (Å²) in [6.45, 7) is -0.110. The number of carbonyl (C=O) groups excluding carboxylic acids is 1. The molecule has 0 heterocycles. The number of hydrogen-bond acceptors (Lipinski definition) is 2. The maximum Gasteiger partial charge on any atom is 0.165 e. The first-order chi connectivity index (χ1) is 5.34. The molecule has 2 nitrogen and oxygen atoms in total. The third kappa shape index (κ3) is 2.04. The van der Waals surface area contributed by atoms with Crippen LogP contribution in [0.4, 0.5) is 4.39 Å². The Bertz CT molecular complexity index is 248. The van der Waals surface area contributed by atoms with Crippen molar-refractivity contribution in [2.24, 2.45) is 0 Å². The van der Waals surface area contributed by atoms with E-state index < -0.39 is 5.82 Å². The highest BCUT2D eigenvalue weighted by molar-refractivity contribution is 5.51. The molecule has 0 bridgehead atoms. The summed E-state index contributed by atoms with van der Waals surface area (Å²) in [6, 6.07) is 5.95. The maximum absolute atomic E-state index is 12.7. The highest BCUT2D eigenvalue weighted by Gasteiger charge is 1.98. The molecule has 0 aliphatic rings. The molecule has 58 valence electrons. The van der Waals surface area contributed by atoms with E-state index in [9.17, 15) is 9.18 Å². The molecule has 3 heteroatoms. The Morgan fingerprint density at radius 3 is 2.82 bits per heavy atom. The van der Waals surface area contributed by atoms with Gasteiger partial charge in [-0.05, 0) is 12.1 Å². The second-order valence-electron chi connectivity index (χ2n) is 1.91. The Hall–Kier alpha value is -1.38. The second kappa shape index (κ2) is 3.71. The molecule has 0 amide bonds. The number of hydrogen-bond donors (Lipinski definition) is 0. The van der Waals surface area contributed by atoms with Crippen LogP contribution in [0.1, 0.15) is 0 Å². The summed E-state index contributed by atoms with van der Waals surface area (Å²) in [5.74, 6) is -0.339. The van der Waals surface area contributed by atoms with Crippen LogP contribution < -0.4 is 4.74 Å². The van der Waals surface area contributed by atoms with Gasteiger partial charge >= 0.3 is 0 Å². The standard InChI is InChI=1S/C8H7FO2/c9-7-3-1-2-4-8(7)11-6-5-10/h1-5H,6H2. The summed E-state index contributed by atoms with van der Waals surface area (Å²) in [5, 5.41) is 0. The number of benzene rings is 1. The van der Waals surface area contributed by atoms with Gasteiger partial charge in [0.2, 0.25) is 0 Å². The van der Waals surface area contributed by atoms with E-state index in [0.29, 0.717) is 6.29 Å². The summed E-state index contributed by atoms with van der Waals surface area (Å²) in [5.41, 5.74) is 0. The zero-order chi connectivity index (χ0) is 8.10. The summed E-state index contributed by atoms with van der Waals surface area (Å²) >= 11 is 0. The number of halogens is 1. The van der Waals surface area contributed by atoms with Crippen molar-refractivity contribution < 1.29 is 13.9 Å². The molecule has 1 aromatic carbocycles. The number of ether oxygens (including phenoxy) is 1. The highest BCUT2D eigenvalue weighted by atomic mass is 19.1. The van der Waals surface area contributed by atoms with Crippen LogP contribution in [0.2, 0.25) is 0 Å². The smallest absolute Gasteiger partial charge is 0.165 e. The monoisotopic (exact) mass is 154 g/mol. The van der Waals surface area contributed by atoms with E-state index in [4.69, 9.17) is 4.74 Å². The molecular weight excluding hydrogens is 147 g/mol. The van der Waals surface area contributed by atoms with Crippen LogP contribution in [0.3, 0.4) is 0 Å². The van der Waals surface area contributed by atoms with Crippen molar-refractivity contribution in [3.05, 3.63) is 30.1 Å². The third-order valence-corrected chi connectivity index (χ3v) is 1.14. The Labute approximate surface area is 63.6 Å². The lowest BCUT2D eigenvalue weighted by atomic mass is 10.3. The number of aldehydes is 1. The van der Waals surface area contributed by atoms with Crippen molar-refractivity contribution in [1.82, 2.24) is 0 Å². The quantitative estimate of drug-likeness (QED) is 0.615. The van der Waals surface area contributed by atoms with Crippen LogP contribution in [-0.4, -0.2) is 12.9 Å². The molecule has 0 aliphatic heterocycles. The van der Waals surface area contributed by atoms with E-state index in [1.165, 1.54) is 12.1 Å². The van der Waals surface area contributed by atoms with Crippen molar-refractivity contribution >= 4 is 6.29 Å². The van der Waals surface area contributed by atoms with Crippen molar-refractivity contribution in [1.29, 1.82) is 0 Å². The van der Waals surface area contributed by atoms with E-state index in [0.717, 1.165) is 0 Å². The third-order valence-electron chi connectivity index (χ3n) is 1.14. The van der Waals surface area contributed by atoms with Crippen molar-refractivity contribution in [3.8, 4) is 5.75 Å². The van der Waals surface area contributed by atoms with E-state index in [2.05, 4.69) is 0 Å². The van der Waals surface area contributed by atoms with Crippen LogP contribution in [0.25, 0.3) is 0 Å². The lowest BCUT2D eigenvalue weighted by Gasteiger charge is -2.01. The van der Waals surface area contributed by atoms with Gasteiger partial charge in [0.1, 0.15) is 6.61 Å². The predicted molar refractivity (Wildman–Crippen MR) is 38.0 cm³/mol. The summed E-state index contributed by atoms with van der Waals surface area (Å²) in [7, 11) is 0. The van der Waals surface area contributed by atoms with E-state index in [1.54, 1.807) is 12.1 Å². The first kappa shape index (κ1) is 7.72.